The first kappa shape index (κ1) is 18.2. The van der Waals surface area contributed by atoms with Crippen molar-refractivity contribution in [3.05, 3.63) is 52.6 Å². The third kappa shape index (κ3) is 3.24. The molecule has 1 N–H and O–H groups in total. The Morgan fingerprint density at radius 3 is 2.71 bits per heavy atom. The highest BCUT2D eigenvalue weighted by atomic mass is 79.9. The van der Waals surface area contributed by atoms with Crippen LogP contribution in [0.2, 0.25) is 0 Å². The molecule has 4 rings (SSSR count). The van der Waals surface area contributed by atoms with Gasteiger partial charge in [-0.3, -0.25) is 0 Å². The van der Waals surface area contributed by atoms with E-state index in [4.69, 9.17) is 9.47 Å². The third-order valence-corrected chi connectivity index (χ3v) is 4.76. The standard InChI is InChI=1S/C19H17BrN6O2/c1-11-8-12(9-16(27-2)17(11)28-3)22-19-21-10-13(20)18(23-19)26-15-7-5-4-6-14(15)24-25-26/h4-10H,1-3H3,(H,21,22,23). The summed E-state index contributed by atoms with van der Waals surface area (Å²) in [6.45, 7) is 1.95. The normalized spacial score (nSPS) is 10.9. The number of anilines is 2. The molecule has 0 saturated heterocycles. The van der Waals surface area contributed by atoms with Crippen molar-refractivity contribution >= 4 is 38.6 Å². The molecule has 9 heteroatoms. The van der Waals surface area contributed by atoms with Crippen LogP contribution in [0.5, 0.6) is 11.5 Å². The molecule has 0 aliphatic carbocycles. The summed E-state index contributed by atoms with van der Waals surface area (Å²) in [5, 5.41) is 11.6. The summed E-state index contributed by atoms with van der Waals surface area (Å²) in [6.07, 6.45) is 1.68. The number of para-hydroxylation sites is 1. The molecule has 0 atom stereocenters. The quantitative estimate of drug-likeness (QED) is 0.500. The van der Waals surface area contributed by atoms with Gasteiger partial charge in [0.2, 0.25) is 5.95 Å². The van der Waals surface area contributed by atoms with Crippen molar-refractivity contribution in [3.63, 3.8) is 0 Å². The van der Waals surface area contributed by atoms with Crippen molar-refractivity contribution < 1.29 is 9.47 Å². The predicted molar refractivity (Wildman–Crippen MR) is 110 cm³/mol. The van der Waals surface area contributed by atoms with E-state index in [1.807, 2.05) is 43.3 Å². The minimum absolute atomic E-state index is 0.421. The van der Waals surface area contributed by atoms with E-state index in [0.717, 1.165) is 22.3 Å². The molecule has 0 bridgehead atoms. The number of rotatable bonds is 5. The van der Waals surface area contributed by atoms with E-state index < -0.39 is 0 Å². The van der Waals surface area contributed by atoms with Gasteiger partial charge in [0.15, 0.2) is 17.3 Å². The van der Waals surface area contributed by atoms with Gasteiger partial charge in [-0.05, 0) is 46.6 Å². The maximum atomic E-state index is 5.41. The summed E-state index contributed by atoms with van der Waals surface area (Å²) in [5.74, 6) is 2.33. The van der Waals surface area contributed by atoms with Gasteiger partial charge in [-0.25, -0.2) is 4.98 Å². The zero-order chi connectivity index (χ0) is 19.7. The predicted octanol–water partition coefficient (Wildman–Crippen LogP) is 4.04. The number of aryl methyl sites for hydroxylation is 1. The fraction of sp³-hybridized carbons (Fsp3) is 0.158. The smallest absolute Gasteiger partial charge is 0.229 e. The molecule has 142 valence electrons. The van der Waals surface area contributed by atoms with Crippen LogP contribution in [0.25, 0.3) is 16.9 Å². The van der Waals surface area contributed by atoms with E-state index in [-0.39, 0.29) is 0 Å². The average Bonchev–Trinajstić information content (AvgIpc) is 3.13. The van der Waals surface area contributed by atoms with E-state index >= 15 is 0 Å². The SMILES string of the molecule is COc1cc(Nc2ncc(Br)c(-n3nnc4ccccc43)n2)cc(C)c1OC. The Kier molecular flexibility index (Phi) is 4.82. The summed E-state index contributed by atoms with van der Waals surface area (Å²) < 4.78 is 13.2. The van der Waals surface area contributed by atoms with Crippen molar-refractivity contribution in [1.82, 2.24) is 25.0 Å². The fourth-order valence-corrected chi connectivity index (χ4v) is 3.31. The maximum Gasteiger partial charge on any atom is 0.229 e. The highest BCUT2D eigenvalue weighted by molar-refractivity contribution is 9.10. The van der Waals surface area contributed by atoms with Gasteiger partial charge in [-0.2, -0.15) is 9.67 Å². The molecule has 4 aromatic rings. The number of methoxy groups -OCH3 is 2. The molecule has 28 heavy (non-hydrogen) atoms. The van der Waals surface area contributed by atoms with E-state index in [1.165, 1.54) is 0 Å². The van der Waals surface area contributed by atoms with Gasteiger partial charge < -0.3 is 14.8 Å². The van der Waals surface area contributed by atoms with Crippen molar-refractivity contribution in [1.29, 1.82) is 0 Å². The van der Waals surface area contributed by atoms with Crippen LogP contribution in [-0.2, 0) is 0 Å². The second-order valence-corrected chi connectivity index (χ2v) is 6.86. The fourth-order valence-electron chi connectivity index (χ4n) is 2.95. The van der Waals surface area contributed by atoms with Crippen molar-refractivity contribution in [3.8, 4) is 17.3 Å². The van der Waals surface area contributed by atoms with Gasteiger partial charge in [0.05, 0.1) is 24.2 Å². The Balaban J connectivity index is 1.73. The number of hydrogen-bond acceptors (Lipinski definition) is 7. The molecular formula is C19H17BrN6O2. The first-order chi connectivity index (χ1) is 13.6. The molecule has 0 amide bonds. The van der Waals surface area contributed by atoms with Crippen molar-refractivity contribution in [2.45, 2.75) is 6.92 Å². The number of halogens is 1. The maximum absolute atomic E-state index is 5.41. The number of benzene rings is 2. The largest absolute Gasteiger partial charge is 0.493 e. The van der Waals surface area contributed by atoms with Gasteiger partial charge in [0.1, 0.15) is 5.52 Å². The molecule has 0 aliphatic heterocycles. The van der Waals surface area contributed by atoms with Crippen LogP contribution < -0.4 is 14.8 Å². The molecule has 0 aliphatic rings. The van der Waals surface area contributed by atoms with Crippen LogP contribution in [0.15, 0.2) is 47.1 Å². The van der Waals surface area contributed by atoms with Crippen LogP contribution in [0, 0.1) is 6.92 Å². The minimum Gasteiger partial charge on any atom is -0.493 e. The number of nitrogens with zero attached hydrogens (tertiary/aromatic N) is 5. The lowest BCUT2D eigenvalue weighted by Crippen LogP contribution is -2.06. The molecule has 8 nitrogen and oxygen atoms in total. The number of aromatic nitrogens is 5. The first-order valence-corrected chi connectivity index (χ1v) is 9.23. The highest BCUT2D eigenvalue weighted by Crippen LogP contribution is 2.35. The van der Waals surface area contributed by atoms with E-state index in [9.17, 15) is 0 Å². The molecule has 0 radical (unpaired) electrons. The third-order valence-electron chi connectivity index (χ3n) is 4.20. The Hall–Kier alpha value is -3.20. The zero-order valence-corrected chi connectivity index (χ0v) is 17.1. The molecule has 0 fully saturated rings. The Labute approximate surface area is 169 Å². The van der Waals surface area contributed by atoms with E-state index in [0.29, 0.717) is 27.7 Å². The lowest BCUT2D eigenvalue weighted by atomic mass is 10.2. The number of nitrogens with one attached hydrogen (secondary N) is 1. The van der Waals surface area contributed by atoms with E-state index in [2.05, 4.69) is 41.5 Å². The zero-order valence-electron chi connectivity index (χ0n) is 15.5. The highest BCUT2D eigenvalue weighted by Gasteiger charge is 2.14. The average molecular weight is 441 g/mol. The molecule has 2 aromatic carbocycles. The lowest BCUT2D eigenvalue weighted by Gasteiger charge is -2.14. The number of fused-ring (bicyclic) bond motifs is 1. The summed E-state index contributed by atoms with van der Waals surface area (Å²) in [4.78, 5) is 8.96. The summed E-state index contributed by atoms with van der Waals surface area (Å²) in [7, 11) is 3.22. The van der Waals surface area contributed by atoms with Crippen LogP contribution in [0.3, 0.4) is 0 Å². The molecule has 0 unspecified atom stereocenters. The van der Waals surface area contributed by atoms with Gasteiger partial charge in [-0.1, -0.05) is 17.3 Å². The summed E-state index contributed by atoms with van der Waals surface area (Å²) in [6, 6.07) is 11.5. The van der Waals surface area contributed by atoms with Crippen molar-refractivity contribution in [2.24, 2.45) is 0 Å². The Bertz CT molecular complexity index is 1160. The number of ether oxygens (including phenoxy) is 2. The molecule has 0 spiro atoms. The van der Waals surface area contributed by atoms with Gasteiger partial charge in [0, 0.05) is 18.0 Å². The van der Waals surface area contributed by atoms with Gasteiger partial charge in [-0.15, -0.1) is 5.10 Å². The monoisotopic (exact) mass is 440 g/mol. The second kappa shape index (κ2) is 7.43. The molecule has 2 heterocycles. The van der Waals surface area contributed by atoms with Crippen LogP contribution in [-0.4, -0.2) is 39.2 Å². The summed E-state index contributed by atoms with van der Waals surface area (Å²) >= 11 is 3.50. The first-order valence-electron chi connectivity index (χ1n) is 8.43. The molecular weight excluding hydrogens is 424 g/mol. The van der Waals surface area contributed by atoms with Gasteiger partial charge in [0.25, 0.3) is 0 Å². The number of hydrogen-bond donors (Lipinski definition) is 1. The minimum atomic E-state index is 0.421. The van der Waals surface area contributed by atoms with Gasteiger partial charge >= 0.3 is 0 Å². The van der Waals surface area contributed by atoms with Crippen LogP contribution in [0.1, 0.15) is 5.56 Å². The Morgan fingerprint density at radius 2 is 1.93 bits per heavy atom. The van der Waals surface area contributed by atoms with Crippen LogP contribution >= 0.6 is 15.9 Å². The van der Waals surface area contributed by atoms with Crippen molar-refractivity contribution in [2.75, 3.05) is 19.5 Å². The summed E-state index contributed by atoms with van der Waals surface area (Å²) in [5.41, 5.74) is 3.36. The lowest BCUT2D eigenvalue weighted by molar-refractivity contribution is 0.353. The topological polar surface area (TPSA) is 87.0 Å². The van der Waals surface area contributed by atoms with Crippen LogP contribution in [0.4, 0.5) is 11.6 Å². The molecule has 2 aromatic heterocycles. The molecule has 0 saturated carbocycles. The Morgan fingerprint density at radius 1 is 1.11 bits per heavy atom. The van der Waals surface area contributed by atoms with E-state index in [1.54, 1.807) is 25.1 Å². The second-order valence-electron chi connectivity index (χ2n) is 6.01.